The second-order valence-corrected chi connectivity index (χ2v) is 3.59. The lowest BCUT2D eigenvalue weighted by molar-refractivity contribution is 0.0659. The predicted octanol–water partition coefficient (Wildman–Crippen LogP) is 1.95. The van der Waals surface area contributed by atoms with Gasteiger partial charge in [-0.1, -0.05) is 12.2 Å². The van der Waals surface area contributed by atoms with E-state index in [2.05, 4.69) is 11.9 Å². The molecule has 15 heavy (non-hydrogen) atoms. The van der Waals surface area contributed by atoms with E-state index in [1.54, 1.807) is 13.0 Å². The van der Waals surface area contributed by atoms with E-state index in [9.17, 15) is 4.79 Å². The van der Waals surface area contributed by atoms with Crippen LogP contribution in [0.5, 0.6) is 0 Å². The van der Waals surface area contributed by atoms with Crippen LogP contribution in [0.4, 0.5) is 0 Å². The van der Waals surface area contributed by atoms with Crippen molar-refractivity contribution >= 4 is 5.97 Å². The summed E-state index contributed by atoms with van der Waals surface area (Å²) >= 11 is 0. The molecule has 1 rings (SSSR count). The van der Waals surface area contributed by atoms with Gasteiger partial charge in [0.25, 0.3) is 0 Å². The molecule has 0 amide bonds. The average Bonchev–Trinajstić information content (AvgIpc) is 2.46. The Labute approximate surface area is 88.6 Å². The number of carboxylic acid groups (broad SMARTS) is 1. The summed E-state index contributed by atoms with van der Waals surface area (Å²) in [5.74, 6) is -0.382. The Balaban J connectivity index is 2.59. The molecule has 0 fully saturated rings. The van der Waals surface area contributed by atoms with E-state index >= 15 is 0 Å². The minimum atomic E-state index is -1.03. The molecule has 0 bridgehead atoms. The summed E-state index contributed by atoms with van der Waals surface area (Å²) in [4.78, 5) is 10.7. The first-order valence-electron chi connectivity index (χ1n) is 4.68. The maximum absolute atomic E-state index is 10.7. The third-order valence-electron chi connectivity index (χ3n) is 1.89. The minimum absolute atomic E-state index is 0.0159. The van der Waals surface area contributed by atoms with Crippen molar-refractivity contribution in [3.05, 3.63) is 35.3 Å². The fourth-order valence-electron chi connectivity index (χ4n) is 1.25. The summed E-state index contributed by atoms with van der Waals surface area (Å²) in [6.07, 6.45) is 0. The van der Waals surface area contributed by atoms with Gasteiger partial charge in [-0.05, 0) is 19.9 Å². The molecule has 4 nitrogen and oxygen atoms in total. The fourth-order valence-corrected chi connectivity index (χ4v) is 1.25. The summed E-state index contributed by atoms with van der Waals surface area (Å²) in [6, 6.07) is 1.73. The van der Waals surface area contributed by atoms with Gasteiger partial charge in [0.1, 0.15) is 5.76 Å². The van der Waals surface area contributed by atoms with Gasteiger partial charge in [-0.3, -0.25) is 0 Å². The zero-order valence-electron chi connectivity index (χ0n) is 8.96. The molecule has 0 saturated heterocycles. The lowest BCUT2D eigenvalue weighted by Gasteiger charge is -2.00. The average molecular weight is 209 g/mol. The van der Waals surface area contributed by atoms with E-state index in [-0.39, 0.29) is 5.76 Å². The van der Waals surface area contributed by atoms with Crippen LogP contribution in [0.15, 0.2) is 22.6 Å². The highest BCUT2D eigenvalue weighted by Crippen LogP contribution is 2.14. The molecule has 0 atom stereocenters. The van der Waals surface area contributed by atoms with Crippen LogP contribution >= 0.6 is 0 Å². The van der Waals surface area contributed by atoms with Crippen LogP contribution in [0.2, 0.25) is 0 Å². The normalized spacial score (nSPS) is 10.3. The summed E-state index contributed by atoms with van der Waals surface area (Å²) in [5, 5.41) is 11.9. The van der Waals surface area contributed by atoms with Crippen LogP contribution in [-0.2, 0) is 6.54 Å². The number of nitrogens with one attached hydrogen (secondary N) is 1. The Kier molecular flexibility index (Phi) is 3.68. The summed E-state index contributed by atoms with van der Waals surface area (Å²) in [5.41, 5.74) is 1.67. The van der Waals surface area contributed by atoms with Crippen LogP contribution < -0.4 is 5.32 Å². The van der Waals surface area contributed by atoms with Crippen molar-refractivity contribution < 1.29 is 14.3 Å². The Morgan fingerprint density at radius 2 is 2.33 bits per heavy atom. The largest absolute Gasteiger partial charge is 0.475 e. The maximum Gasteiger partial charge on any atom is 0.372 e. The van der Waals surface area contributed by atoms with Crippen LogP contribution in [0, 0.1) is 6.92 Å². The highest BCUT2D eigenvalue weighted by molar-refractivity contribution is 5.86. The summed E-state index contributed by atoms with van der Waals surface area (Å²) in [7, 11) is 0. The summed E-state index contributed by atoms with van der Waals surface area (Å²) < 4.78 is 5.17. The highest BCUT2D eigenvalue weighted by atomic mass is 16.4. The van der Waals surface area contributed by atoms with Crippen LogP contribution in [0.3, 0.4) is 0 Å². The number of carboxylic acids is 1. The zero-order valence-corrected chi connectivity index (χ0v) is 8.96. The van der Waals surface area contributed by atoms with Crippen LogP contribution in [0.25, 0.3) is 0 Å². The number of hydrogen-bond donors (Lipinski definition) is 2. The van der Waals surface area contributed by atoms with Gasteiger partial charge in [0.05, 0.1) is 6.54 Å². The lowest BCUT2D eigenvalue weighted by Crippen LogP contribution is -2.14. The molecule has 0 unspecified atom stereocenters. The van der Waals surface area contributed by atoms with E-state index in [1.807, 2.05) is 6.92 Å². The standard InChI is InChI=1S/C11H15NO3/c1-7(2)5-12-6-9-4-8(3)10(15-9)11(13)14/h4,12H,1,5-6H2,2-3H3,(H,13,14). The van der Waals surface area contributed by atoms with Gasteiger partial charge < -0.3 is 14.8 Å². The number of carbonyl (C=O) groups is 1. The van der Waals surface area contributed by atoms with Crippen molar-refractivity contribution in [3.8, 4) is 0 Å². The molecule has 1 heterocycles. The van der Waals surface area contributed by atoms with Gasteiger partial charge in [0.2, 0.25) is 5.76 Å². The fraction of sp³-hybridized carbons (Fsp3) is 0.364. The van der Waals surface area contributed by atoms with E-state index in [1.165, 1.54) is 0 Å². The number of furan rings is 1. The molecule has 4 heteroatoms. The SMILES string of the molecule is C=C(C)CNCc1cc(C)c(C(=O)O)o1. The summed E-state index contributed by atoms with van der Waals surface area (Å²) in [6.45, 7) is 8.60. The number of rotatable bonds is 5. The van der Waals surface area contributed by atoms with Gasteiger partial charge in [-0.2, -0.15) is 0 Å². The van der Waals surface area contributed by atoms with Crippen molar-refractivity contribution in [1.29, 1.82) is 0 Å². The first-order chi connectivity index (χ1) is 7.00. The predicted molar refractivity (Wildman–Crippen MR) is 56.9 cm³/mol. The molecular weight excluding hydrogens is 194 g/mol. The second-order valence-electron chi connectivity index (χ2n) is 3.59. The molecule has 0 saturated carbocycles. The quantitative estimate of drug-likeness (QED) is 0.727. The van der Waals surface area contributed by atoms with Crippen LogP contribution in [-0.4, -0.2) is 17.6 Å². The second kappa shape index (κ2) is 4.79. The van der Waals surface area contributed by atoms with E-state index in [0.717, 1.165) is 5.57 Å². The monoisotopic (exact) mass is 209 g/mol. The maximum atomic E-state index is 10.7. The Morgan fingerprint density at radius 1 is 1.67 bits per heavy atom. The molecular formula is C11H15NO3. The smallest absolute Gasteiger partial charge is 0.372 e. The Hall–Kier alpha value is -1.55. The van der Waals surface area contributed by atoms with Crippen molar-refractivity contribution in [2.24, 2.45) is 0 Å². The first-order valence-corrected chi connectivity index (χ1v) is 4.68. The van der Waals surface area contributed by atoms with Crippen molar-refractivity contribution in [2.75, 3.05) is 6.54 Å². The number of aromatic carboxylic acids is 1. The molecule has 1 aromatic rings. The molecule has 0 aliphatic heterocycles. The van der Waals surface area contributed by atoms with Crippen molar-refractivity contribution in [2.45, 2.75) is 20.4 Å². The van der Waals surface area contributed by atoms with Gasteiger partial charge in [0, 0.05) is 12.1 Å². The third-order valence-corrected chi connectivity index (χ3v) is 1.89. The Morgan fingerprint density at radius 3 is 2.80 bits per heavy atom. The lowest BCUT2D eigenvalue weighted by atomic mass is 10.2. The number of aryl methyl sites for hydroxylation is 1. The van der Waals surface area contributed by atoms with Gasteiger partial charge in [-0.15, -0.1) is 0 Å². The van der Waals surface area contributed by atoms with Crippen molar-refractivity contribution in [3.63, 3.8) is 0 Å². The molecule has 0 spiro atoms. The first kappa shape index (κ1) is 11.5. The molecule has 0 aliphatic carbocycles. The molecule has 0 radical (unpaired) electrons. The highest BCUT2D eigenvalue weighted by Gasteiger charge is 2.13. The molecule has 82 valence electrons. The topological polar surface area (TPSA) is 62.5 Å². The number of hydrogen-bond acceptors (Lipinski definition) is 3. The van der Waals surface area contributed by atoms with E-state index in [0.29, 0.717) is 24.4 Å². The third kappa shape index (κ3) is 3.25. The Bertz CT molecular complexity index is 379. The van der Waals surface area contributed by atoms with Crippen molar-refractivity contribution in [1.82, 2.24) is 5.32 Å². The van der Waals surface area contributed by atoms with Gasteiger partial charge in [-0.25, -0.2) is 4.79 Å². The molecule has 2 N–H and O–H groups in total. The van der Waals surface area contributed by atoms with E-state index < -0.39 is 5.97 Å². The molecule has 0 aliphatic rings. The van der Waals surface area contributed by atoms with Crippen LogP contribution in [0.1, 0.15) is 28.8 Å². The molecule has 0 aromatic carbocycles. The van der Waals surface area contributed by atoms with Gasteiger partial charge in [0.15, 0.2) is 0 Å². The zero-order chi connectivity index (χ0) is 11.4. The molecule has 1 aromatic heterocycles. The van der Waals surface area contributed by atoms with Gasteiger partial charge >= 0.3 is 5.97 Å². The minimum Gasteiger partial charge on any atom is -0.475 e. The van der Waals surface area contributed by atoms with E-state index in [4.69, 9.17) is 9.52 Å².